The lowest BCUT2D eigenvalue weighted by Crippen LogP contribution is -2.35. The maximum Gasteiger partial charge on any atom is 0.262 e. The fraction of sp³-hybridized carbons (Fsp3) is 0.318. The number of rotatable bonds is 7. The lowest BCUT2D eigenvalue weighted by Gasteiger charge is -2.11. The molecule has 8 heteroatoms. The highest BCUT2D eigenvalue weighted by molar-refractivity contribution is 9.10. The monoisotopic (exact) mass is 470 g/mol. The van der Waals surface area contributed by atoms with Crippen molar-refractivity contribution in [3.63, 3.8) is 0 Å². The van der Waals surface area contributed by atoms with Crippen LogP contribution in [0.3, 0.4) is 0 Å². The Bertz CT molecular complexity index is 1060. The van der Waals surface area contributed by atoms with Crippen LogP contribution in [0, 0.1) is 0 Å². The van der Waals surface area contributed by atoms with E-state index in [-0.39, 0.29) is 31.0 Å². The number of carbonyl (C=O) groups excluding carboxylic acids is 2. The fourth-order valence-corrected chi connectivity index (χ4v) is 4.28. The van der Waals surface area contributed by atoms with Gasteiger partial charge in [-0.2, -0.15) is 5.10 Å². The standard InChI is InChI=1S/C22H23BrN4O3/c23-22-18-8-4-1-5-15(18)9-10-19(22)30-14-21(29)26-17-11-24-27(12-17)13-20(28)25-16-6-2-3-7-16/h1,4-5,8-12,16H,2-3,6-7,13-14H2,(H,25,28)(H,26,29). The summed E-state index contributed by atoms with van der Waals surface area (Å²) in [6.07, 6.45) is 7.57. The van der Waals surface area contributed by atoms with Crippen LogP contribution in [-0.4, -0.2) is 34.2 Å². The Balaban J connectivity index is 1.28. The molecule has 2 aromatic carbocycles. The van der Waals surface area contributed by atoms with Gasteiger partial charge in [-0.15, -0.1) is 0 Å². The predicted octanol–water partition coefficient (Wildman–Crippen LogP) is 3.88. The molecule has 1 aliphatic rings. The first-order chi connectivity index (χ1) is 14.6. The predicted molar refractivity (Wildman–Crippen MR) is 118 cm³/mol. The van der Waals surface area contributed by atoms with E-state index in [2.05, 4.69) is 31.7 Å². The minimum atomic E-state index is -0.301. The normalized spacial score (nSPS) is 14.0. The van der Waals surface area contributed by atoms with Crippen molar-refractivity contribution in [2.75, 3.05) is 11.9 Å². The molecule has 0 radical (unpaired) electrons. The van der Waals surface area contributed by atoms with Gasteiger partial charge in [0.2, 0.25) is 5.91 Å². The molecule has 156 valence electrons. The molecular formula is C22H23BrN4O3. The average molecular weight is 471 g/mol. The maximum atomic E-state index is 12.3. The van der Waals surface area contributed by atoms with Crippen molar-refractivity contribution >= 4 is 44.2 Å². The summed E-state index contributed by atoms with van der Waals surface area (Å²) in [5.74, 6) is 0.237. The largest absolute Gasteiger partial charge is 0.483 e. The van der Waals surface area contributed by atoms with Gasteiger partial charge in [-0.05, 0) is 45.6 Å². The molecule has 1 heterocycles. The molecule has 0 bridgehead atoms. The van der Waals surface area contributed by atoms with Crippen molar-refractivity contribution < 1.29 is 14.3 Å². The van der Waals surface area contributed by atoms with Crippen LogP contribution in [-0.2, 0) is 16.1 Å². The van der Waals surface area contributed by atoms with E-state index in [0.29, 0.717) is 11.4 Å². The molecular weight excluding hydrogens is 448 g/mol. The zero-order chi connectivity index (χ0) is 20.9. The molecule has 2 amide bonds. The van der Waals surface area contributed by atoms with E-state index in [1.807, 2.05) is 36.4 Å². The summed E-state index contributed by atoms with van der Waals surface area (Å²) >= 11 is 3.55. The molecule has 1 aliphatic carbocycles. The summed E-state index contributed by atoms with van der Waals surface area (Å²) < 4.78 is 8.00. The highest BCUT2D eigenvalue weighted by atomic mass is 79.9. The first-order valence-electron chi connectivity index (χ1n) is 10.0. The molecule has 0 atom stereocenters. The number of halogens is 1. The van der Waals surface area contributed by atoms with Crippen LogP contribution >= 0.6 is 15.9 Å². The van der Waals surface area contributed by atoms with E-state index in [1.165, 1.54) is 23.7 Å². The van der Waals surface area contributed by atoms with Crippen molar-refractivity contribution in [3.05, 3.63) is 53.3 Å². The second-order valence-corrected chi connectivity index (χ2v) is 8.20. The topological polar surface area (TPSA) is 85.2 Å². The van der Waals surface area contributed by atoms with Gasteiger partial charge in [-0.25, -0.2) is 0 Å². The fourth-order valence-electron chi connectivity index (χ4n) is 3.67. The summed E-state index contributed by atoms with van der Waals surface area (Å²) in [5.41, 5.74) is 0.523. The molecule has 3 aromatic rings. The van der Waals surface area contributed by atoms with Crippen molar-refractivity contribution in [1.29, 1.82) is 0 Å². The summed E-state index contributed by atoms with van der Waals surface area (Å²) in [5, 5.41) is 12.0. The number of carbonyl (C=O) groups is 2. The molecule has 0 aliphatic heterocycles. The van der Waals surface area contributed by atoms with Crippen LogP contribution in [0.15, 0.2) is 53.3 Å². The van der Waals surface area contributed by atoms with Gasteiger partial charge in [0.05, 0.1) is 16.4 Å². The van der Waals surface area contributed by atoms with Gasteiger partial charge in [-0.3, -0.25) is 14.3 Å². The number of nitrogens with zero attached hydrogens (tertiary/aromatic N) is 2. The Morgan fingerprint density at radius 3 is 2.77 bits per heavy atom. The zero-order valence-corrected chi connectivity index (χ0v) is 18.0. The number of amides is 2. The molecule has 0 saturated heterocycles. The van der Waals surface area contributed by atoms with Gasteiger partial charge in [-0.1, -0.05) is 43.2 Å². The van der Waals surface area contributed by atoms with Crippen molar-refractivity contribution in [3.8, 4) is 5.75 Å². The molecule has 4 rings (SSSR count). The summed E-state index contributed by atoms with van der Waals surface area (Å²) in [4.78, 5) is 24.4. The van der Waals surface area contributed by atoms with Gasteiger partial charge in [0.15, 0.2) is 6.61 Å². The number of benzene rings is 2. The molecule has 7 nitrogen and oxygen atoms in total. The number of hydrogen-bond donors (Lipinski definition) is 2. The van der Waals surface area contributed by atoms with Crippen LogP contribution < -0.4 is 15.4 Å². The van der Waals surface area contributed by atoms with E-state index in [4.69, 9.17) is 4.74 Å². The van der Waals surface area contributed by atoms with Gasteiger partial charge < -0.3 is 15.4 Å². The smallest absolute Gasteiger partial charge is 0.262 e. The first kappa shape index (κ1) is 20.4. The Labute approximate surface area is 182 Å². The molecule has 0 unspecified atom stereocenters. The third kappa shape index (κ3) is 4.99. The maximum absolute atomic E-state index is 12.3. The number of fused-ring (bicyclic) bond motifs is 1. The molecule has 2 N–H and O–H groups in total. The van der Waals surface area contributed by atoms with Crippen molar-refractivity contribution in [2.24, 2.45) is 0 Å². The SMILES string of the molecule is O=C(COc1ccc2ccccc2c1Br)Nc1cnn(CC(=O)NC2CCCC2)c1. The molecule has 1 aromatic heterocycles. The zero-order valence-electron chi connectivity index (χ0n) is 16.4. The van der Waals surface area contributed by atoms with E-state index in [1.54, 1.807) is 6.20 Å². The summed E-state index contributed by atoms with van der Waals surface area (Å²) in [6, 6.07) is 12.0. The number of anilines is 1. The van der Waals surface area contributed by atoms with Gasteiger partial charge >= 0.3 is 0 Å². The minimum Gasteiger partial charge on any atom is -0.483 e. The second kappa shape index (κ2) is 9.30. The Hall–Kier alpha value is -2.87. The summed E-state index contributed by atoms with van der Waals surface area (Å²) in [6.45, 7) is -0.00278. The summed E-state index contributed by atoms with van der Waals surface area (Å²) in [7, 11) is 0. The van der Waals surface area contributed by atoms with Crippen LogP contribution in [0.4, 0.5) is 5.69 Å². The van der Waals surface area contributed by atoms with Crippen LogP contribution in [0.25, 0.3) is 10.8 Å². The van der Waals surface area contributed by atoms with E-state index in [0.717, 1.165) is 28.1 Å². The average Bonchev–Trinajstić information content (AvgIpc) is 3.40. The van der Waals surface area contributed by atoms with E-state index >= 15 is 0 Å². The lowest BCUT2D eigenvalue weighted by molar-refractivity contribution is -0.122. The van der Waals surface area contributed by atoms with Gasteiger partial charge in [0, 0.05) is 12.2 Å². The van der Waals surface area contributed by atoms with Crippen LogP contribution in [0.1, 0.15) is 25.7 Å². The van der Waals surface area contributed by atoms with Crippen molar-refractivity contribution in [1.82, 2.24) is 15.1 Å². The van der Waals surface area contributed by atoms with Crippen LogP contribution in [0.5, 0.6) is 5.75 Å². The number of aromatic nitrogens is 2. The number of ether oxygens (including phenoxy) is 1. The third-order valence-electron chi connectivity index (χ3n) is 5.13. The quantitative estimate of drug-likeness (QED) is 0.548. The van der Waals surface area contributed by atoms with E-state index in [9.17, 15) is 9.59 Å². The van der Waals surface area contributed by atoms with Gasteiger partial charge in [0.1, 0.15) is 12.3 Å². The first-order valence-corrected chi connectivity index (χ1v) is 10.8. The highest BCUT2D eigenvalue weighted by Gasteiger charge is 2.17. The Kier molecular flexibility index (Phi) is 6.32. The highest BCUT2D eigenvalue weighted by Crippen LogP contribution is 2.33. The number of hydrogen-bond acceptors (Lipinski definition) is 4. The second-order valence-electron chi connectivity index (χ2n) is 7.41. The Morgan fingerprint density at radius 1 is 1.13 bits per heavy atom. The molecule has 0 spiro atoms. The lowest BCUT2D eigenvalue weighted by atomic mass is 10.1. The third-order valence-corrected chi connectivity index (χ3v) is 5.95. The van der Waals surface area contributed by atoms with E-state index < -0.39 is 0 Å². The molecule has 1 saturated carbocycles. The minimum absolute atomic E-state index is 0.0626. The van der Waals surface area contributed by atoms with Gasteiger partial charge in [0.25, 0.3) is 5.91 Å². The number of nitrogens with one attached hydrogen (secondary N) is 2. The molecule has 1 fully saturated rings. The van der Waals surface area contributed by atoms with Crippen molar-refractivity contribution in [2.45, 2.75) is 38.3 Å². The Morgan fingerprint density at radius 2 is 1.93 bits per heavy atom. The van der Waals surface area contributed by atoms with Crippen LogP contribution in [0.2, 0.25) is 0 Å². The molecule has 30 heavy (non-hydrogen) atoms.